The van der Waals surface area contributed by atoms with Gasteiger partial charge < -0.3 is 15.0 Å². The first-order valence-electron chi connectivity index (χ1n) is 4.97. The molecule has 1 amide bonds. The van der Waals surface area contributed by atoms with Crippen LogP contribution in [0.2, 0.25) is 0 Å². The largest absolute Gasteiger partial charge is 0.364 e. The van der Waals surface area contributed by atoms with Gasteiger partial charge in [0, 0.05) is 24.7 Å². The zero-order chi connectivity index (χ0) is 11.5. The topological polar surface area (TPSA) is 41.6 Å². The zero-order valence-electron chi connectivity index (χ0n) is 9.32. The molecule has 0 unspecified atom stereocenters. The van der Waals surface area contributed by atoms with E-state index >= 15 is 0 Å². The van der Waals surface area contributed by atoms with Crippen molar-refractivity contribution in [3.05, 3.63) is 18.2 Å². The second-order valence-electron chi connectivity index (χ2n) is 3.63. The number of ether oxygens (including phenoxy) is 1. The van der Waals surface area contributed by atoms with E-state index in [9.17, 15) is 4.79 Å². The second kappa shape index (κ2) is 4.76. The molecule has 0 aromatic heterocycles. The van der Waals surface area contributed by atoms with Crippen molar-refractivity contribution in [2.45, 2.75) is 4.90 Å². The minimum Gasteiger partial charge on any atom is -0.364 e. The summed E-state index contributed by atoms with van der Waals surface area (Å²) in [6.07, 6.45) is 0. The Labute approximate surface area is 99.0 Å². The third-order valence-electron chi connectivity index (χ3n) is 2.36. The molecule has 0 spiro atoms. The first kappa shape index (κ1) is 11.3. The first-order valence-corrected chi connectivity index (χ1v) is 5.96. The van der Waals surface area contributed by atoms with Crippen LogP contribution in [0.25, 0.3) is 0 Å². The van der Waals surface area contributed by atoms with E-state index in [1.807, 2.05) is 30.1 Å². The van der Waals surface area contributed by atoms with E-state index in [-0.39, 0.29) is 5.91 Å². The molecule has 0 aliphatic carbocycles. The number of thioether (sulfide) groups is 1. The van der Waals surface area contributed by atoms with Crippen molar-refractivity contribution in [3.8, 4) is 0 Å². The number of carbonyl (C=O) groups excluding carboxylic acids is 1. The molecule has 1 aromatic carbocycles. The van der Waals surface area contributed by atoms with E-state index in [0.717, 1.165) is 16.3 Å². The molecule has 0 fully saturated rings. The van der Waals surface area contributed by atoms with Gasteiger partial charge in [-0.25, -0.2) is 0 Å². The molecule has 1 aliphatic rings. The van der Waals surface area contributed by atoms with Crippen molar-refractivity contribution in [1.82, 2.24) is 0 Å². The van der Waals surface area contributed by atoms with Gasteiger partial charge in [0.05, 0.1) is 11.4 Å². The molecule has 4 nitrogen and oxygen atoms in total. The summed E-state index contributed by atoms with van der Waals surface area (Å²) in [4.78, 5) is 14.4. The quantitative estimate of drug-likeness (QED) is 0.815. The van der Waals surface area contributed by atoms with Crippen molar-refractivity contribution in [2.75, 3.05) is 36.9 Å². The SMILES string of the molecule is COCN(C)c1ccc2c(c1)NC(=O)CS2. The summed E-state index contributed by atoms with van der Waals surface area (Å²) < 4.78 is 5.06. The van der Waals surface area contributed by atoms with Crippen LogP contribution in [0.5, 0.6) is 0 Å². The molecule has 1 aromatic rings. The van der Waals surface area contributed by atoms with Gasteiger partial charge in [-0.3, -0.25) is 4.79 Å². The van der Waals surface area contributed by atoms with Gasteiger partial charge in [-0.15, -0.1) is 11.8 Å². The summed E-state index contributed by atoms with van der Waals surface area (Å²) in [6, 6.07) is 6.03. The average molecular weight is 238 g/mol. The van der Waals surface area contributed by atoms with Crippen LogP contribution >= 0.6 is 11.8 Å². The van der Waals surface area contributed by atoms with Crippen molar-refractivity contribution in [2.24, 2.45) is 0 Å². The number of nitrogens with one attached hydrogen (secondary N) is 1. The highest BCUT2D eigenvalue weighted by Crippen LogP contribution is 2.34. The van der Waals surface area contributed by atoms with Gasteiger partial charge in [0.2, 0.25) is 5.91 Å². The van der Waals surface area contributed by atoms with E-state index in [4.69, 9.17) is 4.74 Å². The molecule has 16 heavy (non-hydrogen) atoms. The Hall–Kier alpha value is -1.20. The molecule has 0 saturated heterocycles. The summed E-state index contributed by atoms with van der Waals surface area (Å²) >= 11 is 1.57. The van der Waals surface area contributed by atoms with E-state index in [0.29, 0.717) is 12.5 Å². The maximum Gasteiger partial charge on any atom is 0.234 e. The van der Waals surface area contributed by atoms with E-state index in [2.05, 4.69) is 5.32 Å². The van der Waals surface area contributed by atoms with Crippen molar-refractivity contribution >= 4 is 29.0 Å². The molecule has 1 N–H and O–H groups in total. The molecule has 5 heteroatoms. The fourth-order valence-electron chi connectivity index (χ4n) is 1.58. The highest BCUT2D eigenvalue weighted by atomic mass is 32.2. The Morgan fingerprint density at radius 2 is 2.38 bits per heavy atom. The van der Waals surface area contributed by atoms with Crippen LogP contribution in [-0.4, -0.2) is 32.5 Å². The van der Waals surface area contributed by atoms with Crippen LogP contribution in [0, 0.1) is 0 Å². The first-order chi connectivity index (χ1) is 7.70. The maximum atomic E-state index is 11.3. The molecule has 1 aliphatic heterocycles. The number of hydrogen-bond acceptors (Lipinski definition) is 4. The maximum absolute atomic E-state index is 11.3. The normalized spacial score (nSPS) is 14.2. The van der Waals surface area contributed by atoms with Crippen molar-refractivity contribution < 1.29 is 9.53 Å². The summed E-state index contributed by atoms with van der Waals surface area (Å²) in [5.41, 5.74) is 1.92. The van der Waals surface area contributed by atoms with Crippen LogP contribution < -0.4 is 10.2 Å². The zero-order valence-corrected chi connectivity index (χ0v) is 10.1. The number of amides is 1. The molecule has 0 radical (unpaired) electrons. The lowest BCUT2D eigenvalue weighted by Crippen LogP contribution is -2.22. The smallest absolute Gasteiger partial charge is 0.234 e. The lowest BCUT2D eigenvalue weighted by Gasteiger charge is -2.22. The Morgan fingerprint density at radius 1 is 1.56 bits per heavy atom. The minimum absolute atomic E-state index is 0.0593. The highest BCUT2D eigenvalue weighted by Gasteiger charge is 2.16. The molecule has 0 atom stereocenters. The molecule has 1 heterocycles. The molecule has 2 rings (SSSR count). The highest BCUT2D eigenvalue weighted by molar-refractivity contribution is 8.00. The number of methoxy groups -OCH3 is 1. The predicted molar refractivity (Wildman–Crippen MR) is 66.1 cm³/mol. The van der Waals surface area contributed by atoms with E-state index in [1.54, 1.807) is 18.9 Å². The predicted octanol–water partition coefficient (Wildman–Crippen LogP) is 1.77. The number of rotatable bonds is 3. The molecular weight excluding hydrogens is 224 g/mol. The number of hydrogen-bond donors (Lipinski definition) is 1. The Bertz CT molecular complexity index is 409. The summed E-state index contributed by atoms with van der Waals surface area (Å²) in [6.45, 7) is 0.528. The van der Waals surface area contributed by atoms with Crippen LogP contribution in [0.4, 0.5) is 11.4 Å². The average Bonchev–Trinajstić information content (AvgIpc) is 2.28. The van der Waals surface area contributed by atoms with Crippen molar-refractivity contribution in [1.29, 1.82) is 0 Å². The van der Waals surface area contributed by atoms with Crippen LogP contribution in [0.1, 0.15) is 0 Å². The fraction of sp³-hybridized carbons (Fsp3) is 0.364. The molecule has 0 bridgehead atoms. The Kier molecular flexibility index (Phi) is 3.36. The number of fused-ring (bicyclic) bond motifs is 1. The van der Waals surface area contributed by atoms with Gasteiger partial charge in [0.25, 0.3) is 0 Å². The lowest BCUT2D eigenvalue weighted by atomic mass is 10.2. The van der Waals surface area contributed by atoms with Crippen LogP contribution in [0.15, 0.2) is 23.1 Å². The van der Waals surface area contributed by atoms with Gasteiger partial charge in [0.15, 0.2) is 0 Å². The summed E-state index contributed by atoms with van der Waals surface area (Å²) in [5, 5.41) is 2.87. The van der Waals surface area contributed by atoms with Crippen LogP contribution in [0.3, 0.4) is 0 Å². The molecule has 0 saturated carbocycles. The summed E-state index contributed by atoms with van der Waals surface area (Å²) in [5.74, 6) is 0.560. The number of anilines is 2. The van der Waals surface area contributed by atoms with Gasteiger partial charge >= 0.3 is 0 Å². The Morgan fingerprint density at radius 3 is 3.12 bits per heavy atom. The third-order valence-corrected chi connectivity index (χ3v) is 3.43. The second-order valence-corrected chi connectivity index (χ2v) is 4.65. The number of carbonyl (C=O) groups is 1. The van der Waals surface area contributed by atoms with Gasteiger partial charge in [-0.05, 0) is 18.2 Å². The standard InChI is InChI=1S/C11H14N2O2S/c1-13(7-15-2)8-3-4-10-9(5-8)12-11(14)6-16-10/h3-5H,6-7H2,1-2H3,(H,12,14). The fourth-order valence-corrected chi connectivity index (χ4v) is 2.37. The lowest BCUT2D eigenvalue weighted by molar-refractivity contribution is -0.113. The monoisotopic (exact) mass is 238 g/mol. The van der Waals surface area contributed by atoms with Gasteiger partial charge in [-0.1, -0.05) is 0 Å². The van der Waals surface area contributed by atoms with Gasteiger partial charge in [0.1, 0.15) is 6.73 Å². The Balaban J connectivity index is 2.24. The summed E-state index contributed by atoms with van der Waals surface area (Å²) in [7, 11) is 3.61. The molecular formula is C11H14N2O2S. The number of benzene rings is 1. The van der Waals surface area contributed by atoms with Gasteiger partial charge in [-0.2, -0.15) is 0 Å². The number of nitrogens with zero attached hydrogens (tertiary/aromatic N) is 1. The third kappa shape index (κ3) is 2.31. The van der Waals surface area contributed by atoms with E-state index in [1.165, 1.54) is 0 Å². The van der Waals surface area contributed by atoms with Crippen molar-refractivity contribution in [3.63, 3.8) is 0 Å². The van der Waals surface area contributed by atoms with E-state index < -0.39 is 0 Å². The molecule has 86 valence electrons. The van der Waals surface area contributed by atoms with Crippen LogP contribution in [-0.2, 0) is 9.53 Å². The minimum atomic E-state index is 0.0593.